The number of methoxy groups -OCH3 is 1. The molecular formula is C32H34N2O2. The van der Waals surface area contributed by atoms with Gasteiger partial charge < -0.3 is 14.0 Å². The van der Waals surface area contributed by atoms with Crippen molar-refractivity contribution >= 4 is 21.8 Å². The van der Waals surface area contributed by atoms with Crippen LogP contribution in [0.3, 0.4) is 0 Å². The Hall–Kier alpha value is -3.79. The lowest BCUT2D eigenvalue weighted by atomic mass is 9.97. The number of benzene rings is 4. The van der Waals surface area contributed by atoms with E-state index >= 15 is 0 Å². The van der Waals surface area contributed by atoms with Gasteiger partial charge in [0.25, 0.3) is 0 Å². The summed E-state index contributed by atoms with van der Waals surface area (Å²) in [6.07, 6.45) is 2.02. The van der Waals surface area contributed by atoms with Gasteiger partial charge in [0.1, 0.15) is 17.3 Å². The zero-order valence-corrected chi connectivity index (χ0v) is 21.6. The molecule has 0 aliphatic heterocycles. The number of nitrogens with zero attached hydrogens (tertiary/aromatic N) is 2. The molecule has 36 heavy (non-hydrogen) atoms. The van der Waals surface area contributed by atoms with Crippen molar-refractivity contribution in [3.05, 3.63) is 101 Å². The van der Waals surface area contributed by atoms with Crippen molar-refractivity contribution in [1.29, 1.82) is 0 Å². The first-order chi connectivity index (χ1) is 17.5. The van der Waals surface area contributed by atoms with Crippen LogP contribution < -0.4 is 9.47 Å². The Morgan fingerprint density at radius 1 is 0.833 bits per heavy atom. The fourth-order valence-electron chi connectivity index (χ4n) is 5.02. The van der Waals surface area contributed by atoms with Gasteiger partial charge in [0.15, 0.2) is 0 Å². The molecule has 0 radical (unpaired) electrons. The van der Waals surface area contributed by atoms with E-state index in [4.69, 9.17) is 14.5 Å². The summed E-state index contributed by atoms with van der Waals surface area (Å²) >= 11 is 0. The minimum Gasteiger partial charge on any atom is -0.497 e. The van der Waals surface area contributed by atoms with Crippen molar-refractivity contribution in [2.75, 3.05) is 13.7 Å². The minimum atomic E-state index is 0.176. The summed E-state index contributed by atoms with van der Waals surface area (Å²) in [4.78, 5) is 5.08. The molecule has 0 N–H and O–H groups in total. The highest BCUT2D eigenvalue weighted by Gasteiger charge is 2.18. The summed E-state index contributed by atoms with van der Waals surface area (Å²) in [5.41, 5.74) is 5.90. The molecule has 0 fully saturated rings. The molecule has 1 unspecified atom stereocenters. The molecule has 0 spiro atoms. The number of ether oxygens (including phenoxy) is 2. The lowest BCUT2D eigenvalue weighted by molar-refractivity contribution is 0.299. The second-order valence-electron chi connectivity index (χ2n) is 9.58. The molecule has 1 atom stereocenters. The van der Waals surface area contributed by atoms with Crippen LogP contribution >= 0.6 is 0 Å². The second-order valence-corrected chi connectivity index (χ2v) is 9.58. The van der Waals surface area contributed by atoms with Gasteiger partial charge in [-0.25, -0.2) is 4.98 Å². The quantitative estimate of drug-likeness (QED) is 0.203. The molecule has 0 bridgehead atoms. The van der Waals surface area contributed by atoms with Gasteiger partial charge in [-0.15, -0.1) is 0 Å². The van der Waals surface area contributed by atoms with Crippen LogP contribution in [0.4, 0.5) is 0 Å². The molecule has 0 aliphatic carbocycles. The van der Waals surface area contributed by atoms with Crippen molar-refractivity contribution in [2.24, 2.45) is 0 Å². The number of fused-ring (bicyclic) bond motifs is 2. The Balaban J connectivity index is 1.35. The molecule has 0 saturated heterocycles. The van der Waals surface area contributed by atoms with E-state index < -0.39 is 0 Å². The second kappa shape index (κ2) is 10.4. The number of hydrogen-bond acceptors (Lipinski definition) is 3. The summed E-state index contributed by atoms with van der Waals surface area (Å²) in [5, 5.41) is 2.40. The molecule has 1 heterocycles. The number of rotatable bonds is 9. The van der Waals surface area contributed by atoms with Crippen LogP contribution in [0.2, 0.25) is 0 Å². The largest absolute Gasteiger partial charge is 0.497 e. The summed E-state index contributed by atoms with van der Waals surface area (Å²) in [6, 6.07) is 27.7. The molecular weight excluding hydrogens is 444 g/mol. The van der Waals surface area contributed by atoms with Gasteiger partial charge in [-0.05, 0) is 78.4 Å². The third kappa shape index (κ3) is 4.81. The Bertz CT molecular complexity index is 1480. The number of hydrogen-bond donors (Lipinski definition) is 0. The zero-order valence-electron chi connectivity index (χ0n) is 21.6. The maximum atomic E-state index is 6.15. The van der Waals surface area contributed by atoms with Gasteiger partial charge in [-0.1, -0.05) is 61.5 Å². The monoisotopic (exact) mass is 478 g/mol. The Kier molecular flexibility index (Phi) is 6.95. The zero-order chi connectivity index (χ0) is 25.1. The molecule has 5 rings (SSSR count). The molecule has 4 nitrogen and oxygen atoms in total. The summed E-state index contributed by atoms with van der Waals surface area (Å²) in [5.74, 6) is 3.19. The van der Waals surface area contributed by atoms with Crippen LogP contribution in [-0.4, -0.2) is 23.3 Å². The van der Waals surface area contributed by atoms with Crippen molar-refractivity contribution in [3.8, 4) is 11.5 Å². The maximum Gasteiger partial charge on any atom is 0.125 e. The number of imidazole rings is 1. The molecule has 4 heteroatoms. The van der Waals surface area contributed by atoms with Gasteiger partial charge in [-0.2, -0.15) is 0 Å². The van der Waals surface area contributed by atoms with Gasteiger partial charge in [-0.3, -0.25) is 0 Å². The Morgan fingerprint density at radius 3 is 2.39 bits per heavy atom. The molecule has 5 aromatic rings. The number of aromatic nitrogens is 2. The first kappa shape index (κ1) is 23.9. The normalized spacial score (nSPS) is 12.2. The number of aryl methyl sites for hydroxylation is 3. The first-order valence-electron chi connectivity index (χ1n) is 12.8. The Labute approximate surface area is 213 Å². The van der Waals surface area contributed by atoms with E-state index in [0.717, 1.165) is 48.8 Å². The molecule has 1 aromatic heterocycles. The van der Waals surface area contributed by atoms with E-state index in [2.05, 4.69) is 98.1 Å². The number of para-hydroxylation sites is 3. The van der Waals surface area contributed by atoms with Crippen molar-refractivity contribution in [2.45, 2.75) is 46.1 Å². The molecule has 0 saturated carbocycles. The van der Waals surface area contributed by atoms with Gasteiger partial charge in [0.2, 0.25) is 0 Å². The minimum absolute atomic E-state index is 0.176. The summed E-state index contributed by atoms with van der Waals surface area (Å²) in [6.45, 7) is 8.11. The van der Waals surface area contributed by atoms with E-state index in [1.165, 1.54) is 33.0 Å². The van der Waals surface area contributed by atoms with Crippen molar-refractivity contribution in [1.82, 2.24) is 9.55 Å². The van der Waals surface area contributed by atoms with Crippen LogP contribution in [0.25, 0.3) is 21.8 Å². The van der Waals surface area contributed by atoms with Crippen LogP contribution in [-0.2, 0) is 6.54 Å². The highest BCUT2D eigenvalue weighted by molar-refractivity contribution is 5.85. The average Bonchev–Trinajstić information content (AvgIpc) is 3.27. The van der Waals surface area contributed by atoms with Gasteiger partial charge >= 0.3 is 0 Å². The maximum absolute atomic E-state index is 6.15. The molecule has 184 valence electrons. The molecule has 4 aromatic carbocycles. The van der Waals surface area contributed by atoms with E-state index in [0.29, 0.717) is 0 Å². The van der Waals surface area contributed by atoms with Gasteiger partial charge in [0, 0.05) is 12.5 Å². The highest BCUT2D eigenvalue weighted by atomic mass is 16.5. The van der Waals surface area contributed by atoms with E-state index in [-0.39, 0.29) is 5.92 Å². The fraction of sp³-hybridized carbons (Fsp3) is 0.281. The highest BCUT2D eigenvalue weighted by Crippen LogP contribution is 2.31. The molecule has 0 aliphatic rings. The fourth-order valence-corrected chi connectivity index (χ4v) is 5.02. The van der Waals surface area contributed by atoms with Crippen molar-refractivity contribution < 1.29 is 9.47 Å². The predicted molar refractivity (Wildman–Crippen MR) is 148 cm³/mol. The van der Waals surface area contributed by atoms with Crippen LogP contribution in [0.1, 0.15) is 48.2 Å². The SMILES string of the molecule is COc1ccc2cc(C(C)c3nc4ccccc4n3CCCCOc3c(C)cccc3C)ccc2c1. The topological polar surface area (TPSA) is 36.3 Å². The van der Waals surface area contributed by atoms with E-state index in [9.17, 15) is 0 Å². The smallest absolute Gasteiger partial charge is 0.125 e. The first-order valence-corrected chi connectivity index (χ1v) is 12.8. The third-order valence-corrected chi connectivity index (χ3v) is 7.07. The Morgan fingerprint density at radius 2 is 1.58 bits per heavy atom. The molecule has 0 amide bonds. The average molecular weight is 479 g/mol. The van der Waals surface area contributed by atoms with Crippen LogP contribution in [0.5, 0.6) is 11.5 Å². The van der Waals surface area contributed by atoms with E-state index in [1.54, 1.807) is 7.11 Å². The predicted octanol–water partition coefficient (Wildman–Crippen LogP) is 7.83. The van der Waals surface area contributed by atoms with E-state index in [1.807, 2.05) is 6.07 Å². The van der Waals surface area contributed by atoms with Gasteiger partial charge in [0.05, 0.1) is 24.8 Å². The number of unbranched alkanes of at least 4 members (excludes halogenated alkanes) is 1. The lowest BCUT2D eigenvalue weighted by Gasteiger charge is -2.17. The van der Waals surface area contributed by atoms with Crippen LogP contribution in [0, 0.1) is 13.8 Å². The van der Waals surface area contributed by atoms with Crippen LogP contribution in [0.15, 0.2) is 78.9 Å². The summed E-state index contributed by atoms with van der Waals surface area (Å²) < 4.78 is 13.9. The standard InChI is InChI=1S/C32H34N2O2/c1-22-10-9-11-23(2)31(22)36-19-8-7-18-34-30-13-6-5-12-29(30)33-32(34)24(3)25-14-15-27-21-28(35-4)17-16-26(27)20-25/h5-6,9-17,20-21,24H,7-8,18-19H2,1-4H3. The summed E-state index contributed by atoms with van der Waals surface area (Å²) in [7, 11) is 1.71. The lowest BCUT2D eigenvalue weighted by Crippen LogP contribution is -2.10. The van der Waals surface area contributed by atoms with Crippen molar-refractivity contribution in [3.63, 3.8) is 0 Å². The third-order valence-electron chi connectivity index (χ3n) is 7.07.